The Morgan fingerprint density at radius 1 is 1.17 bits per heavy atom. The van der Waals surface area contributed by atoms with Gasteiger partial charge in [0, 0.05) is 38.2 Å². The third kappa shape index (κ3) is 5.53. The molecule has 0 spiro atoms. The minimum Gasteiger partial charge on any atom is -0.493 e. The van der Waals surface area contributed by atoms with Crippen LogP contribution in [0.3, 0.4) is 0 Å². The molecule has 0 radical (unpaired) electrons. The predicted molar refractivity (Wildman–Crippen MR) is 112 cm³/mol. The molecule has 1 aliphatic heterocycles. The predicted octanol–water partition coefficient (Wildman–Crippen LogP) is 1.77. The van der Waals surface area contributed by atoms with Gasteiger partial charge in [0.1, 0.15) is 0 Å². The molecule has 8 nitrogen and oxygen atoms in total. The van der Waals surface area contributed by atoms with E-state index in [1.165, 1.54) is 21.3 Å². The second kappa shape index (κ2) is 9.35. The highest BCUT2D eigenvalue weighted by Gasteiger charge is 2.36. The van der Waals surface area contributed by atoms with Gasteiger partial charge in [-0.15, -0.1) is 0 Å². The molecule has 0 aliphatic carbocycles. The van der Waals surface area contributed by atoms with Crippen LogP contribution in [0.1, 0.15) is 20.3 Å². The summed E-state index contributed by atoms with van der Waals surface area (Å²) >= 11 is 0. The Kier molecular flexibility index (Phi) is 7.35. The van der Waals surface area contributed by atoms with E-state index in [9.17, 15) is 9.59 Å². The van der Waals surface area contributed by atoms with Crippen LogP contribution in [-0.2, 0) is 9.59 Å². The largest absolute Gasteiger partial charge is 0.493 e. The molecule has 1 aliphatic rings. The summed E-state index contributed by atoms with van der Waals surface area (Å²) in [6.45, 7) is 5.94. The van der Waals surface area contributed by atoms with Gasteiger partial charge in [-0.25, -0.2) is 0 Å². The lowest BCUT2D eigenvalue weighted by molar-refractivity contribution is -0.126. The van der Waals surface area contributed by atoms with E-state index in [-0.39, 0.29) is 23.7 Å². The number of hydrogen-bond donors (Lipinski definition) is 1. The first-order valence-electron chi connectivity index (χ1n) is 9.64. The topological polar surface area (TPSA) is 80.3 Å². The van der Waals surface area contributed by atoms with Crippen molar-refractivity contribution < 1.29 is 23.8 Å². The molecule has 1 N–H and O–H groups in total. The summed E-state index contributed by atoms with van der Waals surface area (Å²) in [4.78, 5) is 29.0. The first-order valence-corrected chi connectivity index (χ1v) is 9.64. The van der Waals surface area contributed by atoms with Crippen LogP contribution >= 0.6 is 0 Å². The lowest BCUT2D eigenvalue weighted by Gasteiger charge is -2.29. The maximum Gasteiger partial charge on any atom is 0.227 e. The van der Waals surface area contributed by atoms with Crippen LogP contribution in [0.5, 0.6) is 17.2 Å². The summed E-state index contributed by atoms with van der Waals surface area (Å²) in [6, 6.07) is 3.44. The van der Waals surface area contributed by atoms with Gasteiger partial charge < -0.3 is 29.3 Å². The standard InChI is InChI=1S/C21H33N3O5/c1-21(2,13-23(3)4)12-22-20(26)14-8-18(25)24(11-14)15-9-16(27-5)19(29-7)17(10-15)28-6/h9-10,14H,8,11-13H2,1-7H3,(H,22,26). The van der Waals surface area contributed by atoms with Gasteiger partial charge in [-0.2, -0.15) is 0 Å². The Balaban J connectivity index is 2.11. The zero-order valence-corrected chi connectivity index (χ0v) is 18.5. The molecule has 8 heteroatoms. The number of anilines is 1. The number of rotatable bonds is 9. The average Bonchev–Trinajstić information content (AvgIpc) is 3.05. The Morgan fingerprint density at radius 3 is 2.24 bits per heavy atom. The van der Waals surface area contributed by atoms with Crippen molar-refractivity contribution in [2.45, 2.75) is 20.3 Å². The number of methoxy groups -OCH3 is 3. The maximum atomic E-state index is 12.7. The van der Waals surface area contributed by atoms with Crippen molar-refractivity contribution >= 4 is 17.5 Å². The summed E-state index contributed by atoms with van der Waals surface area (Å²) in [6.07, 6.45) is 0.177. The van der Waals surface area contributed by atoms with Gasteiger partial charge in [0.2, 0.25) is 17.6 Å². The van der Waals surface area contributed by atoms with Crippen molar-refractivity contribution in [2.24, 2.45) is 11.3 Å². The number of benzene rings is 1. The quantitative estimate of drug-likeness (QED) is 0.672. The minimum absolute atomic E-state index is 0.0574. The van der Waals surface area contributed by atoms with Crippen LogP contribution in [-0.4, -0.2) is 71.8 Å². The van der Waals surface area contributed by atoms with Gasteiger partial charge in [0.15, 0.2) is 11.5 Å². The molecule has 1 fully saturated rings. The third-order valence-corrected chi connectivity index (χ3v) is 4.94. The summed E-state index contributed by atoms with van der Waals surface area (Å²) in [5.74, 6) is 0.799. The second-order valence-electron chi connectivity index (χ2n) is 8.41. The van der Waals surface area contributed by atoms with Gasteiger partial charge in [-0.05, 0) is 19.5 Å². The molecule has 1 atom stereocenters. The Bertz CT molecular complexity index is 723. The van der Waals surface area contributed by atoms with Gasteiger partial charge in [-0.1, -0.05) is 13.8 Å². The third-order valence-electron chi connectivity index (χ3n) is 4.94. The molecule has 1 aromatic rings. The Labute approximate surface area is 173 Å². The fourth-order valence-electron chi connectivity index (χ4n) is 3.74. The van der Waals surface area contributed by atoms with E-state index >= 15 is 0 Å². The van der Waals surface area contributed by atoms with Crippen molar-refractivity contribution in [3.63, 3.8) is 0 Å². The van der Waals surface area contributed by atoms with Crippen molar-refractivity contribution in [1.29, 1.82) is 0 Å². The molecule has 2 rings (SSSR count). The van der Waals surface area contributed by atoms with E-state index in [0.717, 1.165) is 6.54 Å². The van der Waals surface area contributed by atoms with E-state index in [2.05, 4.69) is 24.1 Å². The van der Waals surface area contributed by atoms with E-state index in [0.29, 0.717) is 36.0 Å². The normalized spacial score (nSPS) is 16.9. The monoisotopic (exact) mass is 407 g/mol. The molecule has 0 bridgehead atoms. The highest BCUT2D eigenvalue weighted by molar-refractivity contribution is 6.00. The fourth-order valence-corrected chi connectivity index (χ4v) is 3.74. The van der Waals surface area contributed by atoms with E-state index < -0.39 is 5.92 Å². The summed E-state index contributed by atoms with van der Waals surface area (Å²) in [7, 11) is 8.60. The minimum atomic E-state index is -0.392. The maximum absolute atomic E-state index is 12.7. The van der Waals surface area contributed by atoms with Crippen molar-refractivity contribution in [1.82, 2.24) is 10.2 Å². The number of nitrogens with zero attached hydrogens (tertiary/aromatic N) is 2. The molecule has 29 heavy (non-hydrogen) atoms. The molecule has 1 unspecified atom stereocenters. The van der Waals surface area contributed by atoms with Crippen LogP contribution in [0.2, 0.25) is 0 Å². The lowest BCUT2D eigenvalue weighted by atomic mass is 9.92. The van der Waals surface area contributed by atoms with Gasteiger partial charge >= 0.3 is 0 Å². The van der Waals surface area contributed by atoms with Gasteiger partial charge in [-0.3, -0.25) is 9.59 Å². The molecule has 162 valence electrons. The number of amides is 2. The zero-order chi connectivity index (χ0) is 21.8. The average molecular weight is 408 g/mol. The summed E-state index contributed by atoms with van der Waals surface area (Å²) in [5, 5.41) is 3.01. The summed E-state index contributed by atoms with van der Waals surface area (Å²) in [5.41, 5.74) is 0.561. The second-order valence-corrected chi connectivity index (χ2v) is 8.41. The highest BCUT2D eigenvalue weighted by Crippen LogP contribution is 2.42. The van der Waals surface area contributed by atoms with Gasteiger partial charge in [0.25, 0.3) is 0 Å². The van der Waals surface area contributed by atoms with Crippen LogP contribution in [0, 0.1) is 11.3 Å². The first-order chi connectivity index (χ1) is 13.6. The number of ether oxygens (including phenoxy) is 3. The van der Waals surface area contributed by atoms with Crippen LogP contribution in [0.4, 0.5) is 5.69 Å². The first kappa shape index (κ1) is 22.8. The molecular formula is C21H33N3O5. The van der Waals surface area contributed by atoms with E-state index in [1.54, 1.807) is 17.0 Å². The number of carbonyl (C=O) groups is 2. The molecule has 2 amide bonds. The van der Waals surface area contributed by atoms with E-state index in [1.807, 2.05) is 14.1 Å². The zero-order valence-electron chi connectivity index (χ0n) is 18.5. The van der Waals surface area contributed by atoms with Crippen LogP contribution < -0.4 is 24.4 Å². The van der Waals surface area contributed by atoms with Crippen molar-refractivity contribution in [3.8, 4) is 17.2 Å². The van der Waals surface area contributed by atoms with Crippen molar-refractivity contribution in [2.75, 3.05) is 60.0 Å². The molecule has 1 heterocycles. The lowest BCUT2D eigenvalue weighted by Crippen LogP contribution is -2.42. The fraction of sp³-hybridized carbons (Fsp3) is 0.619. The molecule has 1 saturated heterocycles. The molecule has 1 aromatic carbocycles. The number of hydrogen-bond acceptors (Lipinski definition) is 6. The van der Waals surface area contributed by atoms with Crippen LogP contribution in [0.15, 0.2) is 12.1 Å². The Morgan fingerprint density at radius 2 is 1.76 bits per heavy atom. The van der Waals surface area contributed by atoms with Crippen LogP contribution in [0.25, 0.3) is 0 Å². The SMILES string of the molecule is COc1cc(N2CC(C(=O)NCC(C)(C)CN(C)C)CC2=O)cc(OC)c1OC. The summed E-state index contributed by atoms with van der Waals surface area (Å²) < 4.78 is 16.1. The number of nitrogens with one attached hydrogen (secondary N) is 1. The highest BCUT2D eigenvalue weighted by atomic mass is 16.5. The number of carbonyl (C=O) groups excluding carboxylic acids is 2. The van der Waals surface area contributed by atoms with Gasteiger partial charge in [0.05, 0.1) is 32.9 Å². The molecule has 0 saturated carbocycles. The van der Waals surface area contributed by atoms with E-state index in [4.69, 9.17) is 14.2 Å². The molecular weight excluding hydrogens is 374 g/mol. The Hall–Kier alpha value is -2.48. The van der Waals surface area contributed by atoms with Crippen molar-refractivity contribution in [3.05, 3.63) is 12.1 Å². The molecule has 0 aromatic heterocycles. The smallest absolute Gasteiger partial charge is 0.227 e.